The third-order valence-electron chi connectivity index (χ3n) is 3.27. The van der Waals surface area contributed by atoms with Gasteiger partial charge in [0.05, 0.1) is 12.1 Å². The number of nitriles is 1. The number of carbonyl (C=O) groups is 1. The molecule has 2 aromatic carbocycles. The zero-order chi connectivity index (χ0) is 17.7. The molecule has 0 saturated carbocycles. The molecule has 0 radical (unpaired) electrons. The lowest BCUT2D eigenvalue weighted by molar-refractivity contribution is -0.112. The van der Waals surface area contributed by atoms with Crippen LogP contribution in [0.4, 0.5) is 10.1 Å². The number of aryl methyl sites for hydroxylation is 1. The predicted octanol–water partition coefficient (Wildman–Crippen LogP) is 4.34. The highest BCUT2D eigenvalue weighted by Crippen LogP contribution is 2.22. The standard InChI is InChI=1S/C18H14ClFN2O2/c1-11-7-12(3-6-17(11)24-2)8-13(10-21)18(23)22-14-4-5-16(20)15(19)9-14/h3-9H,1-2H3,(H,22,23)/b13-8+. The van der Waals surface area contributed by atoms with Crippen LogP contribution in [0.25, 0.3) is 6.08 Å². The molecule has 0 aliphatic carbocycles. The third-order valence-corrected chi connectivity index (χ3v) is 3.56. The summed E-state index contributed by atoms with van der Waals surface area (Å²) in [6.45, 7) is 1.86. The summed E-state index contributed by atoms with van der Waals surface area (Å²) in [5.41, 5.74) is 1.80. The van der Waals surface area contributed by atoms with Crippen LogP contribution in [0.15, 0.2) is 42.0 Å². The van der Waals surface area contributed by atoms with E-state index in [1.54, 1.807) is 25.3 Å². The Morgan fingerprint density at radius 3 is 2.67 bits per heavy atom. The van der Waals surface area contributed by atoms with Crippen LogP contribution in [0.5, 0.6) is 5.75 Å². The molecule has 1 amide bonds. The topological polar surface area (TPSA) is 62.1 Å². The molecule has 0 spiro atoms. The highest BCUT2D eigenvalue weighted by Gasteiger charge is 2.11. The molecular formula is C18H14ClFN2O2. The number of benzene rings is 2. The molecule has 2 rings (SSSR count). The van der Waals surface area contributed by atoms with Crippen LogP contribution in [-0.4, -0.2) is 13.0 Å². The first kappa shape index (κ1) is 17.5. The number of hydrogen-bond acceptors (Lipinski definition) is 3. The van der Waals surface area contributed by atoms with Gasteiger partial charge in [-0.25, -0.2) is 4.39 Å². The van der Waals surface area contributed by atoms with Gasteiger partial charge in [-0.3, -0.25) is 4.79 Å². The minimum atomic E-state index is -0.603. The maximum absolute atomic E-state index is 13.1. The molecule has 122 valence electrons. The number of carbonyl (C=O) groups excluding carboxylic acids is 1. The molecule has 0 fully saturated rings. The molecular weight excluding hydrogens is 331 g/mol. The van der Waals surface area contributed by atoms with Gasteiger partial charge in [-0.1, -0.05) is 17.7 Å². The fourth-order valence-corrected chi connectivity index (χ4v) is 2.26. The normalized spacial score (nSPS) is 10.9. The van der Waals surface area contributed by atoms with Crippen molar-refractivity contribution < 1.29 is 13.9 Å². The van der Waals surface area contributed by atoms with Crippen molar-refractivity contribution in [1.29, 1.82) is 5.26 Å². The minimum absolute atomic E-state index is 0.0833. The van der Waals surface area contributed by atoms with Gasteiger partial charge >= 0.3 is 0 Å². The summed E-state index contributed by atoms with van der Waals surface area (Å²) >= 11 is 5.67. The van der Waals surface area contributed by atoms with Gasteiger partial charge in [0.15, 0.2) is 0 Å². The molecule has 1 N–H and O–H groups in total. The summed E-state index contributed by atoms with van der Waals surface area (Å²) < 4.78 is 18.3. The third kappa shape index (κ3) is 4.12. The van der Waals surface area contributed by atoms with Crippen molar-refractivity contribution >= 4 is 29.3 Å². The monoisotopic (exact) mass is 344 g/mol. The largest absolute Gasteiger partial charge is 0.496 e. The van der Waals surface area contributed by atoms with Crippen molar-refractivity contribution in [3.8, 4) is 11.8 Å². The summed E-state index contributed by atoms with van der Waals surface area (Å²) in [7, 11) is 1.57. The van der Waals surface area contributed by atoms with Gasteiger partial charge < -0.3 is 10.1 Å². The van der Waals surface area contributed by atoms with Crippen LogP contribution in [0.2, 0.25) is 5.02 Å². The molecule has 0 saturated heterocycles. The molecule has 0 aliphatic heterocycles. The van der Waals surface area contributed by atoms with E-state index in [2.05, 4.69) is 5.32 Å². The van der Waals surface area contributed by atoms with E-state index in [4.69, 9.17) is 16.3 Å². The lowest BCUT2D eigenvalue weighted by atomic mass is 10.1. The van der Waals surface area contributed by atoms with Gasteiger partial charge in [0, 0.05) is 5.69 Å². The lowest BCUT2D eigenvalue weighted by Gasteiger charge is -2.07. The second kappa shape index (κ2) is 7.62. The van der Waals surface area contributed by atoms with Crippen molar-refractivity contribution in [2.75, 3.05) is 12.4 Å². The number of nitrogens with zero attached hydrogens (tertiary/aromatic N) is 1. The first-order valence-corrected chi connectivity index (χ1v) is 7.35. The molecule has 4 nitrogen and oxygen atoms in total. The van der Waals surface area contributed by atoms with Gasteiger partial charge in [0.2, 0.25) is 0 Å². The quantitative estimate of drug-likeness (QED) is 0.662. The molecule has 0 aromatic heterocycles. The predicted molar refractivity (Wildman–Crippen MR) is 91.4 cm³/mol. The summed E-state index contributed by atoms with van der Waals surface area (Å²) in [6.07, 6.45) is 1.47. The van der Waals surface area contributed by atoms with Crippen LogP contribution in [0.3, 0.4) is 0 Å². The van der Waals surface area contributed by atoms with Gasteiger partial charge in [-0.2, -0.15) is 5.26 Å². The number of methoxy groups -OCH3 is 1. The van der Waals surface area contributed by atoms with Crippen LogP contribution < -0.4 is 10.1 Å². The molecule has 6 heteroatoms. The van der Waals surface area contributed by atoms with E-state index in [1.165, 1.54) is 18.2 Å². The first-order valence-electron chi connectivity index (χ1n) is 6.97. The highest BCUT2D eigenvalue weighted by atomic mass is 35.5. The maximum atomic E-state index is 13.1. The summed E-state index contributed by atoms with van der Waals surface area (Å²) in [5.74, 6) is -0.468. The van der Waals surface area contributed by atoms with Crippen molar-refractivity contribution in [3.63, 3.8) is 0 Å². The number of hydrogen-bond donors (Lipinski definition) is 1. The highest BCUT2D eigenvalue weighted by molar-refractivity contribution is 6.31. The first-order chi connectivity index (χ1) is 11.4. The van der Waals surface area contributed by atoms with Crippen LogP contribution >= 0.6 is 11.6 Å². The summed E-state index contributed by atoms with van der Waals surface area (Å²) in [4.78, 5) is 12.2. The van der Waals surface area contributed by atoms with E-state index in [1.807, 2.05) is 13.0 Å². The number of nitrogens with one attached hydrogen (secondary N) is 1. The van der Waals surface area contributed by atoms with Crippen molar-refractivity contribution in [1.82, 2.24) is 0 Å². The van der Waals surface area contributed by atoms with E-state index in [0.717, 1.165) is 17.4 Å². The average molecular weight is 345 g/mol. The van der Waals surface area contributed by atoms with Gasteiger partial charge in [-0.15, -0.1) is 0 Å². The molecule has 0 bridgehead atoms. The Kier molecular flexibility index (Phi) is 5.56. The zero-order valence-electron chi connectivity index (χ0n) is 13.1. The number of anilines is 1. The van der Waals surface area contributed by atoms with E-state index in [9.17, 15) is 14.4 Å². The van der Waals surface area contributed by atoms with Gasteiger partial charge in [-0.05, 0) is 54.5 Å². The smallest absolute Gasteiger partial charge is 0.266 e. The fourth-order valence-electron chi connectivity index (χ4n) is 2.08. The Hall–Kier alpha value is -2.84. The molecule has 24 heavy (non-hydrogen) atoms. The number of ether oxygens (including phenoxy) is 1. The Labute approximate surface area is 144 Å². The van der Waals surface area contributed by atoms with E-state index in [-0.39, 0.29) is 10.6 Å². The van der Waals surface area contributed by atoms with E-state index >= 15 is 0 Å². The van der Waals surface area contributed by atoms with E-state index < -0.39 is 11.7 Å². The van der Waals surface area contributed by atoms with Crippen molar-refractivity contribution in [2.45, 2.75) is 6.92 Å². The second-order valence-corrected chi connectivity index (χ2v) is 5.39. The van der Waals surface area contributed by atoms with Crippen molar-refractivity contribution in [2.24, 2.45) is 0 Å². The molecule has 0 heterocycles. The fraction of sp³-hybridized carbons (Fsp3) is 0.111. The maximum Gasteiger partial charge on any atom is 0.266 e. The lowest BCUT2D eigenvalue weighted by Crippen LogP contribution is -2.13. The Morgan fingerprint density at radius 2 is 2.08 bits per heavy atom. The number of rotatable bonds is 4. The van der Waals surface area contributed by atoms with Crippen LogP contribution in [0.1, 0.15) is 11.1 Å². The van der Waals surface area contributed by atoms with Crippen LogP contribution in [0, 0.1) is 24.1 Å². The summed E-state index contributed by atoms with van der Waals surface area (Å²) in [6, 6.07) is 10.9. The van der Waals surface area contributed by atoms with Gasteiger partial charge in [0.25, 0.3) is 5.91 Å². The SMILES string of the molecule is COc1ccc(/C=C(\C#N)C(=O)Nc2ccc(F)c(Cl)c2)cc1C. The molecule has 0 atom stereocenters. The molecule has 0 unspecified atom stereocenters. The Bertz CT molecular complexity index is 857. The number of halogens is 2. The van der Waals surface area contributed by atoms with Crippen LogP contribution in [-0.2, 0) is 4.79 Å². The van der Waals surface area contributed by atoms with Crippen molar-refractivity contribution in [3.05, 3.63) is 63.9 Å². The Morgan fingerprint density at radius 1 is 1.33 bits per heavy atom. The van der Waals surface area contributed by atoms with Gasteiger partial charge in [0.1, 0.15) is 23.2 Å². The Balaban J connectivity index is 2.23. The molecule has 2 aromatic rings. The zero-order valence-corrected chi connectivity index (χ0v) is 13.8. The molecule has 0 aliphatic rings. The minimum Gasteiger partial charge on any atom is -0.496 e. The average Bonchev–Trinajstić information content (AvgIpc) is 2.56. The van der Waals surface area contributed by atoms with E-state index in [0.29, 0.717) is 11.3 Å². The number of amides is 1. The summed E-state index contributed by atoms with van der Waals surface area (Å²) in [5, 5.41) is 11.6. The second-order valence-electron chi connectivity index (χ2n) is 4.98.